The van der Waals surface area contributed by atoms with Crippen molar-refractivity contribution >= 4 is 0 Å². The third-order valence-corrected chi connectivity index (χ3v) is 3.68. The zero-order chi connectivity index (χ0) is 17.2. The molecule has 1 fully saturated rings. The number of nitriles is 1. The highest BCUT2D eigenvalue weighted by molar-refractivity contribution is 5.47. The molecule has 1 saturated heterocycles. The monoisotopic (exact) mass is 337 g/mol. The SMILES string of the molecule is N#Cc1cc(C(F)(F)F)ccc1Oc1cnn(C2CCCCO2)c1. The number of rotatable bonds is 3. The Kier molecular flexibility index (Phi) is 4.44. The van der Waals surface area contributed by atoms with Crippen molar-refractivity contribution in [1.29, 1.82) is 5.26 Å². The number of aromatic nitrogens is 2. The lowest BCUT2D eigenvalue weighted by Crippen LogP contribution is -2.18. The minimum Gasteiger partial charge on any atom is -0.453 e. The molecule has 1 aliphatic heterocycles. The number of hydrogen-bond donors (Lipinski definition) is 0. The summed E-state index contributed by atoms with van der Waals surface area (Å²) >= 11 is 0. The molecule has 1 unspecified atom stereocenters. The van der Waals surface area contributed by atoms with Crippen LogP contribution in [0.15, 0.2) is 30.6 Å². The number of ether oxygens (including phenoxy) is 2. The number of alkyl halides is 3. The Labute approximate surface area is 136 Å². The van der Waals surface area contributed by atoms with Gasteiger partial charge in [-0.15, -0.1) is 0 Å². The highest BCUT2D eigenvalue weighted by Gasteiger charge is 2.31. The van der Waals surface area contributed by atoms with Crippen LogP contribution < -0.4 is 4.74 Å². The topological polar surface area (TPSA) is 60.1 Å². The van der Waals surface area contributed by atoms with E-state index in [0.29, 0.717) is 12.4 Å². The van der Waals surface area contributed by atoms with Crippen molar-refractivity contribution in [3.63, 3.8) is 0 Å². The van der Waals surface area contributed by atoms with Gasteiger partial charge >= 0.3 is 6.18 Å². The summed E-state index contributed by atoms with van der Waals surface area (Å²) in [5.74, 6) is 0.384. The van der Waals surface area contributed by atoms with E-state index in [2.05, 4.69) is 5.10 Å². The Morgan fingerprint density at radius 2 is 2.17 bits per heavy atom. The summed E-state index contributed by atoms with van der Waals surface area (Å²) in [5.41, 5.74) is -1.08. The van der Waals surface area contributed by atoms with Crippen LogP contribution in [-0.2, 0) is 10.9 Å². The fraction of sp³-hybridized carbons (Fsp3) is 0.375. The van der Waals surface area contributed by atoms with Gasteiger partial charge in [-0.25, -0.2) is 4.68 Å². The quantitative estimate of drug-likeness (QED) is 0.839. The molecule has 126 valence electrons. The molecule has 0 N–H and O–H groups in total. The Balaban J connectivity index is 1.79. The van der Waals surface area contributed by atoms with E-state index < -0.39 is 11.7 Å². The molecule has 5 nitrogen and oxygen atoms in total. The minimum atomic E-state index is -4.51. The van der Waals surface area contributed by atoms with Crippen LogP contribution in [0.4, 0.5) is 13.2 Å². The highest BCUT2D eigenvalue weighted by atomic mass is 19.4. The molecule has 0 amide bonds. The van der Waals surface area contributed by atoms with Crippen molar-refractivity contribution in [2.24, 2.45) is 0 Å². The van der Waals surface area contributed by atoms with E-state index in [1.165, 1.54) is 6.20 Å². The maximum absolute atomic E-state index is 12.7. The third-order valence-electron chi connectivity index (χ3n) is 3.68. The molecule has 8 heteroatoms. The van der Waals surface area contributed by atoms with Gasteiger partial charge < -0.3 is 9.47 Å². The highest BCUT2D eigenvalue weighted by Crippen LogP contribution is 2.34. The molecule has 0 aliphatic carbocycles. The molecule has 1 aliphatic rings. The van der Waals surface area contributed by atoms with E-state index in [-0.39, 0.29) is 17.5 Å². The Morgan fingerprint density at radius 1 is 1.33 bits per heavy atom. The van der Waals surface area contributed by atoms with Gasteiger partial charge in [0.15, 0.2) is 5.75 Å². The van der Waals surface area contributed by atoms with E-state index in [1.54, 1.807) is 16.9 Å². The summed E-state index contributed by atoms with van der Waals surface area (Å²) in [6.07, 6.45) is 1.26. The molecule has 1 aromatic heterocycles. The van der Waals surface area contributed by atoms with E-state index in [1.807, 2.05) is 0 Å². The van der Waals surface area contributed by atoms with Gasteiger partial charge in [0.05, 0.1) is 23.5 Å². The molecule has 0 spiro atoms. The van der Waals surface area contributed by atoms with Crippen LogP contribution in [0.5, 0.6) is 11.5 Å². The first-order valence-electron chi connectivity index (χ1n) is 7.42. The Hall–Kier alpha value is -2.53. The summed E-state index contributed by atoms with van der Waals surface area (Å²) in [6.45, 7) is 0.665. The van der Waals surface area contributed by atoms with Crippen LogP contribution in [-0.4, -0.2) is 16.4 Å². The number of nitrogens with zero attached hydrogens (tertiary/aromatic N) is 3. The first-order chi connectivity index (χ1) is 11.5. The van der Waals surface area contributed by atoms with Gasteiger partial charge in [0.2, 0.25) is 0 Å². The molecule has 3 rings (SSSR count). The lowest BCUT2D eigenvalue weighted by Gasteiger charge is -2.22. The predicted octanol–water partition coefficient (Wildman–Crippen LogP) is 4.26. The van der Waals surface area contributed by atoms with Crippen LogP contribution in [0.2, 0.25) is 0 Å². The zero-order valence-corrected chi connectivity index (χ0v) is 12.6. The molecule has 1 aromatic carbocycles. The van der Waals surface area contributed by atoms with Gasteiger partial charge in [-0.1, -0.05) is 0 Å². The standard InChI is InChI=1S/C16H14F3N3O2/c17-16(18,19)12-4-5-14(11(7-12)8-20)24-13-9-21-22(10-13)15-3-1-2-6-23-15/h4-5,7,9-10,15H,1-3,6H2. The summed E-state index contributed by atoms with van der Waals surface area (Å²) in [4.78, 5) is 0. The molecule has 0 radical (unpaired) electrons. The van der Waals surface area contributed by atoms with Crippen LogP contribution in [0.3, 0.4) is 0 Å². The second-order valence-corrected chi connectivity index (χ2v) is 5.40. The Bertz CT molecular complexity index is 759. The van der Waals surface area contributed by atoms with Crippen molar-refractivity contribution in [3.05, 3.63) is 41.7 Å². The molecular formula is C16H14F3N3O2. The summed E-state index contributed by atoms with van der Waals surface area (Å²) in [5, 5.41) is 13.2. The van der Waals surface area contributed by atoms with E-state index in [0.717, 1.165) is 37.5 Å². The van der Waals surface area contributed by atoms with Crippen LogP contribution in [0.1, 0.15) is 36.6 Å². The van der Waals surface area contributed by atoms with Gasteiger partial charge in [0.1, 0.15) is 18.0 Å². The largest absolute Gasteiger partial charge is 0.453 e. The molecular weight excluding hydrogens is 323 g/mol. The number of halogens is 3. The number of hydrogen-bond acceptors (Lipinski definition) is 4. The van der Waals surface area contributed by atoms with Crippen molar-refractivity contribution in [3.8, 4) is 17.6 Å². The second-order valence-electron chi connectivity index (χ2n) is 5.40. The lowest BCUT2D eigenvalue weighted by atomic mass is 10.1. The molecule has 1 atom stereocenters. The van der Waals surface area contributed by atoms with Crippen LogP contribution >= 0.6 is 0 Å². The maximum Gasteiger partial charge on any atom is 0.416 e. The zero-order valence-electron chi connectivity index (χ0n) is 12.6. The average Bonchev–Trinajstić information content (AvgIpc) is 3.03. The van der Waals surface area contributed by atoms with E-state index >= 15 is 0 Å². The summed E-state index contributed by atoms with van der Waals surface area (Å²) in [7, 11) is 0. The molecule has 2 heterocycles. The first-order valence-corrected chi connectivity index (χ1v) is 7.42. The average molecular weight is 337 g/mol. The van der Waals surface area contributed by atoms with E-state index in [9.17, 15) is 13.2 Å². The summed E-state index contributed by atoms with van der Waals surface area (Å²) < 4.78 is 50.8. The molecule has 0 saturated carbocycles. The Morgan fingerprint density at radius 3 is 2.83 bits per heavy atom. The second kappa shape index (κ2) is 6.53. The van der Waals surface area contributed by atoms with Crippen molar-refractivity contribution < 1.29 is 22.6 Å². The van der Waals surface area contributed by atoms with Crippen molar-refractivity contribution in [2.75, 3.05) is 6.61 Å². The van der Waals surface area contributed by atoms with Gasteiger partial charge in [0, 0.05) is 6.61 Å². The normalized spacial score (nSPS) is 18.2. The smallest absolute Gasteiger partial charge is 0.416 e. The first kappa shape index (κ1) is 16.3. The van der Waals surface area contributed by atoms with Gasteiger partial charge in [-0.05, 0) is 37.5 Å². The maximum atomic E-state index is 12.7. The summed E-state index contributed by atoms with van der Waals surface area (Å²) in [6, 6.07) is 4.50. The van der Waals surface area contributed by atoms with Gasteiger partial charge in [0.25, 0.3) is 0 Å². The minimum absolute atomic E-state index is 0.0506. The number of benzene rings is 1. The molecule has 24 heavy (non-hydrogen) atoms. The van der Waals surface area contributed by atoms with E-state index in [4.69, 9.17) is 14.7 Å². The molecule has 0 bridgehead atoms. The van der Waals surface area contributed by atoms with Gasteiger partial charge in [-0.3, -0.25) is 0 Å². The van der Waals surface area contributed by atoms with Crippen molar-refractivity contribution in [2.45, 2.75) is 31.7 Å². The van der Waals surface area contributed by atoms with Crippen LogP contribution in [0.25, 0.3) is 0 Å². The fourth-order valence-electron chi connectivity index (χ4n) is 2.47. The third kappa shape index (κ3) is 3.51. The van der Waals surface area contributed by atoms with Crippen molar-refractivity contribution in [1.82, 2.24) is 9.78 Å². The van der Waals surface area contributed by atoms with Gasteiger partial charge in [-0.2, -0.15) is 23.5 Å². The van der Waals surface area contributed by atoms with Crippen LogP contribution in [0, 0.1) is 11.3 Å². The molecule has 2 aromatic rings. The predicted molar refractivity (Wildman–Crippen MR) is 77.3 cm³/mol. The fourth-order valence-corrected chi connectivity index (χ4v) is 2.47. The lowest BCUT2D eigenvalue weighted by molar-refractivity contribution is -0.137.